The van der Waals surface area contributed by atoms with Crippen LogP contribution >= 0.6 is 7.82 Å². The molecule has 168 valence electrons. The van der Waals surface area contributed by atoms with Gasteiger partial charge in [0.1, 0.15) is 17.1 Å². The van der Waals surface area contributed by atoms with Crippen LogP contribution in [0.5, 0.6) is 11.5 Å². The number of nitrogens with zero attached hydrogens (tertiary/aromatic N) is 3. The van der Waals surface area contributed by atoms with Gasteiger partial charge >= 0.3 is 37.4 Å². The predicted octanol–water partition coefficient (Wildman–Crippen LogP) is -0.133. The summed E-state index contributed by atoms with van der Waals surface area (Å²) in [7, 11) is -4.86. The fourth-order valence-corrected chi connectivity index (χ4v) is 3.32. The van der Waals surface area contributed by atoms with Crippen molar-refractivity contribution in [2.24, 2.45) is 0 Å². The molecule has 2 aromatic heterocycles. The molecule has 14 heteroatoms. The average molecular weight is 476 g/mol. The second-order valence-corrected chi connectivity index (χ2v) is 8.04. The van der Waals surface area contributed by atoms with Crippen molar-refractivity contribution in [3.63, 3.8) is 0 Å². The minimum Gasteiger partial charge on any atom is -1.00 e. The minimum atomic E-state index is -4.86. The fraction of sp³-hybridized carbons (Fsp3) is 0.333. The summed E-state index contributed by atoms with van der Waals surface area (Å²) >= 11 is 0. The molecule has 2 heterocycles. The molecule has 0 saturated heterocycles. The largest absolute Gasteiger partial charge is 1.00 e. The van der Waals surface area contributed by atoms with Crippen LogP contribution in [-0.4, -0.2) is 42.6 Å². The molecule has 0 aliphatic carbocycles. The molecule has 0 fully saturated rings. The van der Waals surface area contributed by atoms with E-state index >= 15 is 0 Å². The Bertz CT molecular complexity index is 1180. The molecule has 0 saturated carbocycles. The number of phosphoric acid groups is 1. The molecule has 0 radical (unpaired) electrons. The Morgan fingerprint density at radius 3 is 2.50 bits per heavy atom. The number of phenolic OH excluding ortho intramolecular Hbond substituents is 1. The molecule has 12 nitrogen and oxygen atoms in total. The van der Waals surface area contributed by atoms with Gasteiger partial charge in [-0.15, -0.1) is 0 Å². The Morgan fingerprint density at radius 1 is 1.28 bits per heavy atom. The van der Waals surface area contributed by atoms with E-state index in [0.717, 1.165) is 6.07 Å². The molecule has 0 unspecified atom stereocenters. The zero-order valence-corrected chi connectivity index (χ0v) is 21.0. The summed E-state index contributed by atoms with van der Waals surface area (Å²) in [6.07, 6.45) is 0. The summed E-state index contributed by atoms with van der Waals surface area (Å²) in [5, 5.41) is 20.8. The third-order valence-electron chi connectivity index (χ3n) is 4.21. The van der Waals surface area contributed by atoms with Crippen LogP contribution in [0.15, 0.2) is 21.2 Å². The topological polar surface area (TPSA) is 181 Å². The maximum Gasteiger partial charge on any atom is 1.00 e. The number of nitrogens with one attached hydrogen (secondary N) is 1. The van der Waals surface area contributed by atoms with Gasteiger partial charge in [0.05, 0.1) is 5.56 Å². The molecule has 0 aliphatic rings. The first-order chi connectivity index (χ1) is 14.5. The monoisotopic (exact) mass is 476 g/mol. The second kappa shape index (κ2) is 10.2. The van der Waals surface area contributed by atoms with E-state index in [0.29, 0.717) is 12.1 Å². The Balaban J connectivity index is 0.00000272. The van der Waals surface area contributed by atoms with Gasteiger partial charge in [-0.3, -0.25) is 14.6 Å². The number of rotatable bonds is 7. The van der Waals surface area contributed by atoms with E-state index in [-0.39, 0.29) is 76.9 Å². The third kappa shape index (κ3) is 5.58. The second-order valence-electron chi connectivity index (χ2n) is 6.88. The summed E-state index contributed by atoms with van der Waals surface area (Å²) in [5.74, 6) is -1.16. The first kappa shape index (κ1) is 26.0. The van der Waals surface area contributed by atoms with Crippen molar-refractivity contribution in [2.75, 3.05) is 6.54 Å². The van der Waals surface area contributed by atoms with E-state index < -0.39 is 19.5 Å². The Hall–Kier alpha value is -2.21. The molecule has 3 rings (SSSR count). The van der Waals surface area contributed by atoms with Crippen LogP contribution in [0.25, 0.3) is 22.7 Å². The number of hydrogen-bond acceptors (Lipinski definition) is 9. The van der Waals surface area contributed by atoms with Gasteiger partial charge in [-0.1, -0.05) is 24.2 Å². The van der Waals surface area contributed by atoms with Crippen molar-refractivity contribution in [1.29, 1.82) is 0 Å². The van der Waals surface area contributed by atoms with Gasteiger partial charge < -0.3 is 25.4 Å². The summed E-state index contributed by atoms with van der Waals surface area (Å²) in [5.41, 5.74) is 0.458. The Morgan fingerprint density at radius 2 is 1.97 bits per heavy atom. The van der Waals surface area contributed by atoms with E-state index in [1.807, 2.05) is 0 Å². The fourth-order valence-electron chi connectivity index (χ4n) is 2.91. The maximum atomic E-state index is 12.5. The molecule has 0 spiro atoms. The smallest absolute Gasteiger partial charge is 1.00 e. The molecule has 0 bridgehead atoms. The molecule has 4 N–H and O–H groups in total. The normalized spacial score (nSPS) is 11.3. The zero-order chi connectivity index (χ0) is 22.9. The van der Waals surface area contributed by atoms with Crippen molar-refractivity contribution in [2.45, 2.75) is 33.6 Å². The van der Waals surface area contributed by atoms with Gasteiger partial charge in [0.25, 0.3) is 5.91 Å². The van der Waals surface area contributed by atoms with Crippen LogP contribution in [-0.2, 0) is 4.57 Å². The van der Waals surface area contributed by atoms with Gasteiger partial charge in [0.15, 0.2) is 11.5 Å². The summed E-state index contributed by atoms with van der Waals surface area (Å²) in [4.78, 5) is 34.9. The van der Waals surface area contributed by atoms with E-state index in [4.69, 9.17) is 13.6 Å². The van der Waals surface area contributed by atoms with Crippen LogP contribution < -0.4 is 39.4 Å². The number of phenols is 1. The van der Waals surface area contributed by atoms with Crippen LogP contribution in [0, 0.1) is 6.92 Å². The average Bonchev–Trinajstić information content (AvgIpc) is 3.26. The van der Waals surface area contributed by atoms with Gasteiger partial charge in [0, 0.05) is 19.5 Å². The van der Waals surface area contributed by atoms with Crippen LogP contribution in [0.2, 0.25) is 0 Å². The van der Waals surface area contributed by atoms with Crippen LogP contribution in [0.3, 0.4) is 0 Å². The number of amides is 1. The third-order valence-corrected chi connectivity index (χ3v) is 4.64. The molecule has 3 aromatic rings. The van der Waals surface area contributed by atoms with Gasteiger partial charge in [-0.25, -0.2) is 4.57 Å². The number of aryl methyl sites for hydroxylation is 1. The van der Waals surface area contributed by atoms with Crippen molar-refractivity contribution >= 4 is 13.7 Å². The molecule has 0 atom stereocenters. The van der Waals surface area contributed by atoms with Crippen molar-refractivity contribution in [1.82, 2.24) is 20.6 Å². The minimum absolute atomic E-state index is 0. The number of carbonyl (C=O) groups is 1. The Kier molecular flexibility index (Phi) is 8.27. The Labute approximate surface area is 206 Å². The van der Waals surface area contributed by atoms with Gasteiger partial charge in [0.2, 0.25) is 11.7 Å². The first-order valence-electron chi connectivity index (χ1n) is 9.22. The number of phosphoric ester groups is 1. The van der Waals surface area contributed by atoms with E-state index in [1.54, 1.807) is 27.7 Å². The number of hydrogen-bond donors (Lipinski definition) is 4. The van der Waals surface area contributed by atoms with Crippen molar-refractivity contribution in [3.8, 4) is 34.2 Å². The zero-order valence-electron chi connectivity index (χ0n) is 19.1. The van der Waals surface area contributed by atoms with Crippen LogP contribution in [0.4, 0.5) is 0 Å². The van der Waals surface area contributed by atoms with E-state index in [1.165, 1.54) is 6.07 Å². The number of carbonyl (C=O) groups excluding carboxylic acids is 1. The number of benzene rings is 1. The number of aromatic nitrogens is 3. The summed E-state index contributed by atoms with van der Waals surface area (Å²) in [6, 6.07) is 2.49. The van der Waals surface area contributed by atoms with Gasteiger partial charge in [-0.05, 0) is 24.5 Å². The van der Waals surface area contributed by atoms with Crippen molar-refractivity contribution in [3.05, 3.63) is 29.3 Å². The molecule has 0 aliphatic heterocycles. The van der Waals surface area contributed by atoms with E-state index in [2.05, 4.69) is 20.6 Å². The standard InChI is InChI=1S/C18H21N4O8P.Na.H/c1-5-19-18(24)15-14(17-20-9(4)28-22-17)16(29-21-15)11-6-10(8(2)3)13(7-12(11)23)30-31(25,26)27;;/h6-8,23H,5H2,1-4H3,(H,19,24)(H2,25,26,27);;/q;+1;-1. The number of aromatic hydroxyl groups is 1. The van der Waals surface area contributed by atoms with Crippen LogP contribution in [0.1, 0.15) is 50.1 Å². The molecular formula is C18H22N4NaO8P. The SMILES string of the molecule is CCNC(=O)c1noc(-c2cc(C(C)C)c(OP(=O)(O)O)cc2O)c1-c1noc(C)n1.[H-].[Na+]. The van der Waals surface area contributed by atoms with Crippen molar-refractivity contribution < 1.29 is 68.8 Å². The molecule has 1 aromatic carbocycles. The molecular weight excluding hydrogens is 454 g/mol. The quantitative estimate of drug-likeness (QED) is 0.263. The summed E-state index contributed by atoms with van der Waals surface area (Å²) < 4.78 is 26.4. The first-order valence-corrected chi connectivity index (χ1v) is 10.8. The molecule has 32 heavy (non-hydrogen) atoms. The molecule has 1 amide bonds. The maximum absolute atomic E-state index is 12.5. The van der Waals surface area contributed by atoms with Gasteiger partial charge in [-0.2, -0.15) is 4.98 Å². The predicted molar refractivity (Wildman–Crippen MR) is 108 cm³/mol. The van der Waals surface area contributed by atoms with E-state index in [9.17, 15) is 24.3 Å². The summed E-state index contributed by atoms with van der Waals surface area (Å²) in [6.45, 7) is 7.18.